The van der Waals surface area contributed by atoms with E-state index >= 15 is 0 Å². The summed E-state index contributed by atoms with van der Waals surface area (Å²) in [6.07, 6.45) is -1.23. The van der Waals surface area contributed by atoms with Crippen LogP contribution in [0.15, 0.2) is 18.2 Å². The van der Waals surface area contributed by atoms with Gasteiger partial charge in [0.1, 0.15) is 0 Å². The number of hydrogen-bond acceptors (Lipinski definition) is 4. The molecular weight excluding hydrogens is 267 g/mol. The lowest BCUT2D eigenvalue weighted by Crippen LogP contribution is -2.15. The van der Waals surface area contributed by atoms with Crippen LogP contribution in [0.1, 0.15) is 25.7 Å². The van der Waals surface area contributed by atoms with E-state index in [2.05, 4.69) is 0 Å². The van der Waals surface area contributed by atoms with Crippen LogP contribution in [0, 0.1) is 0 Å². The lowest BCUT2D eigenvalue weighted by molar-refractivity contribution is -0.186. The van der Waals surface area contributed by atoms with Gasteiger partial charge in [0.05, 0.1) is 15.6 Å². The summed E-state index contributed by atoms with van der Waals surface area (Å²) >= 11 is 11.8. The maximum Gasteiger partial charge on any atom is 0.305 e. The van der Waals surface area contributed by atoms with E-state index < -0.39 is 18.2 Å². The van der Waals surface area contributed by atoms with Crippen LogP contribution in [0.4, 0.5) is 0 Å². The molecule has 0 saturated carbocycles. The third-order valence-corrected chi connectivity index (χ3v) is 2.44. The van der Waals surface area contributed by atoms with Crippen LogP contribution in [-0.2, 0) is 19.1 Å². The van der Waals surface area contributed by atoms with Crippen LogP contribution >= 0.6 is 23.2 Å². The van der Waals surface area contributed by atoms with Gasteiger partial charge in [-0.15, -0.1) is 0 Å². The Morgan fingerprint density at radius 1 is 1.06 bits per heavy atom. The van der Waals surface area contributed by atoms with Gasteiger partial charge in [-0.3, -0.25) is 9.59 Å². The first-order chi connectivity index (χ1) is 7.91. The minimum absolute atomic E-state index is 0.251. The summed E-state index contributed by atoms with van der Waals surface area (Å²) in [7, 11) is 0. The fourth-order valence-corrected chi connectivity index (χ4v) is 1.75. The molecule has 0 aromatic heterocycles. The molecule has 0 radical (unpaired) electrons. The third kappa shape index (κ3) is 3.91. The van der Waals surface area contributed by atoms with Crippen molar-refractivity contribution in [1.82, 2.24) is 0 Å². The number of halogens is 2. The zero-order valence-electron chi connectivity index (χ0n) is 9.20. The second-order valence-electron chi connectivity index (χ2n) is 3.19. The number of hydrogen-bond donors (Lipinski definition) is 0. The molecule has 1 aromatic rings. The molecule has 4 nitrogen and oxygen atoms in total. The Bertz CT molecular complexity index is 409. The summed E-state index contributed by atoms with van der Waals surface area (Å²) in [5.41, 5.74) is 0.251. The van der Waals surface area contributed by atoms with Crippen LogP contribution in [0.5, 0.6) is 0 Å². The van der Waals surface area contributed by atoms with Crippen LogP contribution in [0.25, 0.3) is 0 Å². The second kappa shape index (κ2) is 5.89. The molecule has 0 unspecified atom stereocenters. The molecule has 92 valence electrons. The summed E-state index contributed by atoms with van der Waals surface area (Å²) in [6, 6.07) is 4.75. The molecule has 6 heteroatoms. The smallest absolute Gasteiger partial charge is 0.305 e. The molecule has 17 heavy (non-hydrogen) atoms. The molecule has 0 aliphatic rings. The van der Waals surface area contributed by atoms with Gasteiger partial charge < -0.3 is 9.47 Å². The summed E-state index contributed by atoms with van der Waals surface area (Å²) in [5.74, 6) is -1.21. The maximum absolute atomic E-state index is 10.9. The quantitative estimate of drug-likeness (QED) is 0.629. The number of rotatable bonds is 3. The van der Waals surface area contributed by atoms with Gasteiger partial charge in [-0.2, -0.15) is 0 Å². The zero-order valence-corrected chi connectivity index (χ0v) is 10.7. The largest absolute Gasteiger partial charge is 0.421 e. The summed E-state index contributed by atoms with van der Waals surface area (Å²) in [4.78, 5) is 21.9. The predicted molar refractivity (Wildman–Crippen MR) is 62.7 cm³/mol. The summed E-state index contributed by atoms with van der Waals surface area (Å²) in [6.45, 7) is 2.39. The van der Waals surface area contributed by atoms with Crippen LogP contribution in [0.2, 0.25) is 10.0 Å². The van der Waals surface area contributed by atoms with Gasteiger partial charge in [0.2, 0.25) is 0 Å². The minimum Gasteiger partial charge on any atom is -0.421 e. The van der Waals surface area contributed by atoms with E-state index in [-0.39, 0.29) is 15.6 Å². The van der Waals surface area contributed by atoms with Crippen molar-refractivity contribution in [2.45, 2.75) is 20.1 Å². The van der Waals surface area contributed by atoms with Crippen molar-refractivity contribution in [2.24, 2.45) is 0 Å². The highest BCUT2D eigenvalue weighted by atomic mass is 35.5. The minimum atomic E-state index is -1.23. The van der Waals surface area contributed by atoms with Gasteiger partial charge >= 0.3 is 11.9 Å². The van der Waals surface area contributed by atoms with Crippen molar-refractivity contribution in [3.05, 3.63) is 33.8 Å². The SMILES string of the molecule is CC(=O)OC(OC(C)=O)c1c(Cl)cccc1Cl. The molecule has 0 amide bonds. The van der Waals surface area contributed by atoms with Crippen molar-refractivity contribution in [1.29, 1.82) is 0 Å². The van der Waals surface area contributed by atoms with Crippen LogP contribution in [-0.4, -0.2) is 11.9 Å². The third-order valence-electron chi connectivity index (χ3n) is 1.78. The topological polar surface area (TPSA) is 52.6 Å². The number of carbonyl (C=O) groups excluding carboxylic acids is 2. The molecule has 0 spiro atoms. The van der Waals surface area contributed by atoms with E-state index in [1.807, 2.05) is 0 Å². The van der Waals surface area contributed by atoms with Crippen molar-refractivity contribution in [3.8, 4) is 0 Å². The van der Waals surface area contributed by atoms with Gasteiger partial charge in [0.25, 0.3) is 6.29 Å². The average molecular weight is 277 g/mol. The van der Waals surface area contributed by atoms with E-state index in [0.717, 1.165) is 0 Å². The van der Waals surface area contributed by atoms with Gasteiger partial charge in [0.15, 0.2) is 0 Å². The lowest BCUT2D eigenvalue weighted by atomic mass is 10.2. The Kier molecular flexibility index (Phi) is 4.78. The Balaban J connectivity index is 3.11. The van der Waals surface area contributed by atoms with Gasteiger partial charge in [-0.1, -0.05) is 29.3 Å². The Morgan fingerprint density at radius 2 is 1.47 bits per heavy atom. The Hall–Kier alpha value is -1.26. The Labute approximate surface area is 108 Å². The molecule has 0 bridgehead atoms. The number of carbonyl (C=O) groups is 2. The summed E-state index contributed by atoms with van der Waals surface area (Å²) in [5, 5.41) is 0.509. The highest BCUT2D eigenvalue weighted by Crippen LogP contribution is 2.33. The molecule has 0 fully saturated rings. The number of ether oxygens (including phenoxy) is 2. The van der Waals surface area contributed by atoms with E-state index in [0.29, 0.717) is 0 Å². The molecule has 0 saturated heterocycles. The van der Waals surface area contributed by atoms with Crippen molar-refractivity contribution in [2.75, 3.05) is 0 Å². The maximum atomic E-state index is 10.9. The first-order valence-corrected chi connectivity index (χ1v) is 5.45. The van der Waals surface area contributed by atoms with E-state index in [1.165, 1.54) is 13.8 Å². The van der Waals surface area contributed by atoms with Crippen molar-refractivity contribution >= 4 is 35.1 Å². The van der Waals surface area contributed by atoms with E-state index in [9.17, 15) is 9.59 Å². The summed E-state index contributed by atoms with van der Waals surface area (Å²) < 4.78 is 9.72. The fourth-order valence-electron chi connectivity index (χ4n) is 1.18. The van der Waals surface area contributed by atoms with Crippen LogP contribution < -0.4 is 0 Å². The van der Waals surface area contributed by atoms with Gasteiger partial charge in [-0.25, -0.2) is 0 Å². The molecule has 1 aromatic carbocycles. The number of benzene rings is 1. The number of esters is 2. The first kappa shape index (κ1) is 13.8. The van der Waals surface area contributed by atoms with Crippen LogP contribution in [0.3, 0.4) is 0 Å². The standard InChI is InChI=1S/C11H10Cl2O4/c1-6(14)16-11(17-7(2)15)10-8(12)4-3-5-9(10)13/h3-5,11H,1-2H3. The molecule has 0 heterocycles. The molecule has 0 atom stereocenters. The molecule has 0 aliphatic heterocycles. The molecular formula is C11H10Cl2O4. The molecule has 1 rings (SSSR count). The van der Waals surface area contributed by atoms with Gasteiger partial charge in [-0.05, 0) is 12.1 Å². The second-order valence-corrected chi connectivity index (χ2v) is 4.00. The highest BCUT2D eigenvalue weighted by molar-refractivity contribution is 6.36. The lowest BCUT2D eigenvalue weighted by Gasteiger charge is -2.18. The zero-order chi connectivity index (χ0) is 13.0. The van der Waals surface area contributed by atoms with E-state index in [1.54, 1.807) is 18.2 Å². The van der Waals surface area contributed by atoms with Crippen molar-refractivity contribution in [3.63, 3.8) is 0 Å². The normalized spacial score (nSPS) is 10.2. The fraction of sp³-hybridized carbons (Fsp3) is 0.273. The molecule has 0 aliphatic carbocycles. The Morgan fingerprint density at radius 3 is 1.82 bits per heavy atom. The highest BCUT2D eigenvalue weighted by Gasteiger charge is 2.23. The average Bonchev–Trinajstić information content (AvgIpc) is 2.14. The monoisotopic (exact) mass is 276 g/mol. The van der Waals surface area contributed by atoms with Gasteiger partial charge in [0, 0.05) is 13.8 Å². The first-order valence-electron chi connectivity index (χ1n) is 4.70. The van der Waals surface area contributed by atoms with Crippen molar-refractivity contribution < 1.29 is 19.1 Å². The molecule has 0 N–H and O–H groups in total. The van der Waals surface area contributed by atoms with E-state index in [4.69, 9.17) is 32.7 Å². The predicted octanol–water partition coefficient (Wildman–Crippen LogP) is 3.12.